The molecule has 3 saturated carbocycles. The molecule has 5 unspecified atom stereocenters. The summed E-state index contributed by atoms with van der Waals surface area (Å²) in [5.41, 5.74) is 3.51. The van der Waals surface area contributed by atoms with Gasteiger partial charge in [-0.3, -0.25) is 4.79 Å². The van der Waals surface area contributed by atoms with Crippen LogP contribution in [0.2, 0.25) is 0 Å². The van der Waals surface area contributed by atoms with Crippen molar-refractivity contribution in [3.8, 4) is 0 Å². The molecule has 0 saturated heterocycles. The largest absolute Gasteiger partial charge is 0.389 e. The van der Waals surface area contributed by atoms with Crippen LogP contribution in [0.1, 0.15) is 106 Å². The van der Waals surface area contributed by atoms with E-state index in [1.807, 2.05) is 6.92 Å². The van der Waals surface area contributed by atoms with Crippen molar-refractivity contribution >= 4 is 11.5 Å². The zero-order valence-corrected chi connectivity index (χ0v) is 22.7. The summed E-state index contributed by atoms with van der Waals surface area (Å²) in [5.74, 6) is 1.85. The van der Waals surface area contributed by atoms with Gasteiger partial charge < -0.3 is 10.5 Å². The zero-order valence-electron chi connectivity index (χ0n) is 22.7. The normalized spacial score (nSPS) is 48.6. The first-order chi connectivity index (χ1) is 15.8. The second-order valence-corrected chi connectivity index (χ2v) is 13.7. The Hall–Kier alpha value is -1.22. The van der Waals surface area contributed by atoms with Crippen LogP contribution in [0.25, 0.3) is 0 Å². The van der Waals surface area contributed by atoms with Gasteiger partial charge in [0.25, 0.3) is 0 Å². The standard InChI is InChI=1S/C31H47NO2/c1-18-17-25(20(3)27(33)19(18)2)31(7,34)29(5)16-14-23-22-12-11-21-9-8-10-26(32)30(21,6)24(22)13-15-28(23,29)4/h11,20,22-25,32,34H,8-10,12-17H2,1-7H3/t20?,22-,23?,24?,25?,28-,29?,30-,31-/m0/s1. The lowest BCUT2D eigenvalue weighted by molar-refractivity contribution is -0.187. The Morgan fingerprint density at radius 2 is 1.76 bits per heavy atom. The lowest BCUT2D eigenvalue weighted by Crippen LogP contribution is -2.61. The molecule has 5 aliphatic rings. The average Bonchev–Trinajstić information content (AvgIpc) is 3.08. The summed E-state index contributed by atoms with van der Waals surface area (Å²) in [5, 5.41) is 21.4. The molecular formula is C31H47NO2. The molecule has 2 N–H and O–H groups in total. The van der Waals surface area contributed by atoms with Crippen LogP contribution in [0.4, 0.5) is 0 Å². The molecule has 3 heteroatoms. The van der Waals surface area contributed by atoms with Gasteiger partial charge in [-0.25, -0.2) is 0 Å². The van der Waals surface area contributed by atoms with E-state index >= 15 is 0 Å². The number of rotatable bonds is 2. The summed E-state index contributed by atoms with van der Waals surface area (Å²) in [6.45, 7) is 15.4. The van der Waals surface area contributed by atoms with Gasteiger partial charge in [-0.05, 0) is 107 Å². The second kappa shape index (κ2) is 7.64. The smallest absolute Gasteiger partial charge is 0.161 e. The first kappa shape index (κ1) is 24.5. The molecule has 0 spiro atoms. The fourth-order valence-electron chi connectivity index (χ4n) is 10.1. The van der Waals surface area contributed by atoms with Gasteiger partial charge in [-0.2, -0.15) is 0 Å². The topological polar surface area (TPSA) is 61.1 Å². The molecular weight excluding hydrogens is 418 g/mol. The van der Waals surface area contributed by atoms with E-state index in [4.69, 9.17) is 5.41 Å². The van der Waals surface area contributed by atoms with Crippen molar-refractivity contribution in [2.45, 2.75) is 112 Å². The zero-order chi connectivity index (χ0) is 24.8. The number of nitrogens with one attached hydrogen (secondary N) is 1. The molecule has 9 atom stereocenters. The van der Waals surface area contributed by atoms with Gasteiger partial charge in [0, 0.05) is 28.4 Å². The molecule has 0 aromatic heterocycles. The fourth-order valence-corrected chi connectivity index (χ4v) is 10.1. The van der Waals surface area contributed by atoms with Crippen LogP contribution in [0, 0.1) is 51.2 Å². The van der Waals surface area contributed by atoms with Crippen LogP contribution in [-0.4, -0.2) is 22.2 Å². The SMILES string of the molecule is CC1=C(C)C(=O)C(C)C([C@](C)(O)C2(C)CCC3[C@@H]4CC=C5CCCC(=N)[C@]5(C)C4CC[C@@]32C)C1. The van der Waals surface area contributed by atoms with Crippen LogP contribution in [-0.2, 0) is 4.79 Å². The predicted octanol–water partition coefficient (Wildman–Crippen LogP) is 7.29. The van der Waals surface area contributed by atoms with Crippen molar-refractivity contribution in [3.63, 3.8) is 0 Å². The molecule has 0 aliphatic heterocycles. The van der Waals surface area contributed by atoms with E-state index in [9.17, 15) is 9.90 Å². The molecule has 0 radical (unpaired) electrons. The summed E-state index contributed by atoms with van der Waals surface area (Å²) >= 11 is 0. The number of Topliss-reactive ketones (excluding diaryl/α,β-unsaturated/α-hetero) is 1. The number of aliphatic hydroxyl groups is 1. The van der Waals surface area contributed by atoms with E-state index in [1.54, 1.807) is 5.57 Å². The minimum Gasteiger partial charge on any atom is -0.389 e. The van der Waals surface area contributed by atoms with Gasteiger partial charge in [0.1, 0.15) is 0 Å². The van der Waals surface area contributed by atoms with E-state index in [1.165, 1.54) is 12.8 Å². The second-order valence-electron chi connectivity index (χ2n) is 13.7. The lowest BCUT2D eigenvalue weighted by Gasteiger charge is -2.62. The van der Waals surface area contributed by atoms with Crippen molar-refractivity contribution in [2.75, 3.05) is 0 Å². The number of fused-ring (bicyclic) bond motifs is 5. The van der Waals surface area contributed by atoms with Crippen LogP contribution in [0.3, 0.4) is 0 Å². The highest BCUT2D eigenvalue weighted by Crippen LogP contribution is 2.72. The lowest BCUT2D eigenvalue weighted by atomic mass is 9.43. The van der Waals surface area contributed by atoms with Gasteiger partial charge in [-0.15, -0.1) is 0 Å². The number of hydrogen-bond donors (Lipinski definition) is 2. The monoisotopic (exact) mass is 465 g/mol. The van der Waals surface area contributed by atoms with Crippen LogP contribution < -0.4 is 0 Å². The van der Waals surface area contributed by atoms with Gasteiger partial charge in [0.05, 0.1) is 5.60 Å². The van der Waals surface area contributed by atoms with Crippen molar-refractivity contribution in [1.82, 2.24) is 0 Å². The molecule has 0 heterocycles. The third-order valence-corrected chi connectivity index (χ3v) is 13.0. The Morgan fingerprint density at radius 1 is 1.09 bits per heavy atom. The summed E-state index contributed by atoms with van der Waals surface area (Å²) < 4.78 is 0. The highest BCUT2D eigenvalue weighted by Gasteiger charge is 2.68. The summed E-state index contributed by atoms with van der Waals surface area (Å²) in [6, 6.07) is 0. The van der Waals surface area contributed by atoms with E-state index in [0.29, 0.717) is 17.8 Å². The van der Waals surface area contributed by atoms with Crippen LogP contribution in [0.15, 0.2) is 22.8 Å². The average molecular weight is 466 g/mol. The summed E-state index contributed by atoms with van der Waals surface area (Å²) in [6.07, 6.45) is 12.3. The molecule has 34 heavy (non-hydrogen) atoms. The quantitative estimate of drug-likeness (QED) is 0.421. The maximum atomic E-state index is 13.1. The Balaban J connectivity index is 1.50. The highest BCUT2D eigenvalue weighted by atomic mass is 16.3. The first-order valence-corrected chi connectivity index (χ1v) is 14.0. The molecule has 0 bridgehead atoms. The number of allylic oxidation sites excluding steroid dienone is 4. The number of carbonyl (C=O) groups excluding carboxylic acids is 1. The Kier molecular flexibility index (Phi) is 5.50. The third-order valence-electron chi connectivity index (χ3n) is 13.0. The minimum atomic E-state index is -0.891. The number of carbonyl (C=O) groups is 1. The molecule has 3 fully saturated rings. The van der Waals surface area contributed by atoms with Crippen molar-refractivity contribution in [3.05, 3.63) is 22.8 Å². The molecule has 5 aliphatic carbocycles. The molecule has 3 nitrogen and oxygen atoms in total. The van der Waals surface area contributed by atoms with Crippen LogP contribution >= 0.6 is 0 Å². The van der Waals surface area contributed by atoms with Gasteiger partial charge in [0.15, 0.2) is 5.78 Å². The Bertz CT molecular complexity index is 987. The molecule has 0 amide bonds. The fraction of sp³-hybridized carbons (Fsp3) is 0.806. The number of hydrogen-bond acceptors (Lipinski definition) is 3. The van der Waals surface area contributed by atoms with Gasteiger partial charge in [-0.1, -0.05) is 44.9 Å². The summed E-state index contributed by atoms with van der Waals surface area (Å²) in [7, 11) is 0. The molecule has 188 valence electrons. The van der Waals surface area contributed by atoms with E-state index in [-0.39, 0.29) is 33.9 Å². The maximum Gasteiger partial charge on any atom is 0.161 e. The van der Waals surface area contributed by atoms with Crippen molar-refractivity contribution < 1.29 is 9.90 Å². The van der Waals surface area contributed by atoms with Gasteiger partial charge >= 0.3 is 0 Å². The number of ketones is 1. The third kappa shape index (κ3) is 2.86. The summed E-state index contributed by atoms with van der Waals surface area (Å²) in [4.78, 5) is 13.1. The Labute approximate surface area is 207 Å². The molecule has 0 aromatic rings. The van der Waals surface area contributed by atoms with Crippen molar-refractivity contribution in [2.24, 2.45) is 45.8 Å². The first-order valence-electron chi connectivity index (χ1n) is 14.0. The van der Waals surface area contributed by atoms with Crippen LogP contribution in [0.5, 0.6) is 0 Å². The predicted molar refractivity (Wildman–Crippen MR) is 139 cm³/mol. The maximum absolute atomic E-state index is 13.1. The highest BCUT2D eigenvalue weighted by molar-refractivity contribution is 5.98. The molecule has 5 rings (SSSR count). The minimum absolute atomic E-state index is 0.0242. The van der Waals surface area contributed by atoms with E-state index in [0.717, 1.165) is 61.8 Å². The van der Waals surface area contributed by atoms with Crippen molar-refractivity contribution in [1.29, 1.82) is 5.41 Å². The van der Waals surface area contributed by atoms with E-state index in [2.05, 4.69) is 47.6 Å². The van der Waals surface area contributed by atoms with Gasteiger partial charge in [0.2, 0.25) is 0 Å². The van der Waals surface area contributed by atoms with E-state index < -0.39 is 5.60 Å². The Morgan fingerprint density at radius 3 is 2.47 bits per heavy atom. The molecule has 0 aromatic carbocycles.